The van der Waals surface area contributed by atoms with Gasteiger partial charge < -0.3 is 18.3 Å². The molecule has 0 aliphatic rings. The van der Waals surface area contributed by atoms with Gasteiger partial charge in [-0.2, -0.15) is 0 Å². The highest BCUT2D eigenvalue weighted by molar-refractivity contribution is 7.15. The zero-order valence-corrected chi connectivity index (χ0v) is 56.4. The Morgan fingerprint density at radius 1 is 0.261 bits per heavy atom. The average Bonchev–Trinajstić information content (AvgIpc) is 1.66. The number of fused-ring (bicyclic) bond motifs is 8. The average molecular weight is 1290 g/mol. The van der Waals surface area contributed by atoms with Crippen LogP contribution in [0.15, 0.2) is 213 Å². The van der Waals surface area contributed by atoms with Crippen molar-refractivity contribution in [3.63, 3.8) is 0 Å². The fourth-order valence-corrected chi connectivity index (χ4v) is 16.8. The highest BCUT2D eigenvalue weighted by atomic mass is 32.1. The Labute approximate surface area is 545 Å². The summed E-state index contributed by atoms with van der Waals surface area (Å²) in [5, 5.41) is 3.07. The molecule has 16 rings (SSSR count). The van der Waals surface area contributed by atoms with Crippen molar-refractivity contribution in [2.75, 3.05) is 0 Å². The standard InChI is InChI=1S/4C18H17N3OS/c4*1-18(2,17-19-13-9-5-6-10-14(13)20(17)3)21-16(22)12-8-4-7-11-15(12)23-21/h4*4-11H,1-3H3. The van der Waals surface area contributed by atoms with E-state index in [9.17, 15) is 19.2 Å². The highest BCUT2D eigenvalue weighted by Crippen LogP contribution is 2.35. The zero-order valence-electron chi connectivity index (χ0n) is 53.1. The first-order valence-electron chi connectivity index (χ1n) is 30.1. The molecule has 0 aliphatic heterocycles. The number of hydrogen-bond donors (Lipinski definition) is 0. The lowest BCUT2D eigenvalue weighted by Crippen LogP contribution is -2.35. The molecule has 8 heterocycles. The van der Waals surface area contributed by atoms with Crippen molar-refractivity contribution in [3.8, 4) is 0 Å². The maximum atomic E-state index is 12.8. The third-order valence-electron chi connectivity index (χ3n) is 17.3. The molecule has 92 heavy (non-hydrogen) atoms. The lowest BCUT2D eigenvalue weighted by atomic mass is 10.1. The van der Waals surface area contributed by atoms with E-state index in [4.69, 9.17) is 19.9 Å². The topological polar surface area (TPSA) is 159 Å². The van der Waals surface area contributed by atoms with Crippen LogP contribution in [-0.4, -0.2) is 54.0 Å². The molecule has 0 aliphatic carbocycles. The third-order valence-corrected chi connectivity index (χ3v) is 22.8. The zero-order chi connectivity index (χ0) is 64.8. The van der Waals surface area contributed by atoms with Crippen molar-refractivity contribution >= 4 is 131 Å². The smallest absolute Gasteiger partial charge is 0.269 e. The largest absolute Gasteiger partial charge is 0.329 e. The van der Waals surface area contributed by atoms with Crippen molar-refractivity contribution in [2.45, 2.75) is 77.5 Å². The normalized spacial score (nSPS) is 12.3. The fourth-order valence-electron chi connectivity index (χ4n) is 12.5. The van der Waals surface area contributed by atoms with E-state index in [0.29, 0.717) is 0 Å². The molecular weight excluding hydrogens is 1230 g/mol. The molecule has 0 atom stereocenters. The molecular formula is C72H68N12O4S4. The van der Waals surface area contributed by atoms with Crippen LogP contribution in [0.1, 0.15) is 78.7 Å². The van der Waals surface area contributed by atoms with E-state index in [2.05, 4.69) is 42.5 Å². The molecule has 464 valence electrons. The number of imidazole rings is 4. The number of hydrogen-bond acceptors (Lipinski definition) is 12. The molecule has 0 bridgehead atoms. The van der Waals surface area contributed by atoms with Gasteiger partial charge >= 0.3 is 0 Å². The number of nitrogens with zero attached hydrogens (tertiary/aromatic N) is 12. The lowest BCUT2D eigenvalue weighted by molar-refractivity contribution is 0.421. The predicted molar refractivity (Wildman–Crippen MR) is 381 cm³/mol. The molecule has 0 saturated carbocycles. The number of aryl methyl sites for hydroxylation is 4. The Bertz CT molecular complexity index is 5040. The molecule has 8 aromatic heterocycles. The van der Waals surface area contributed by atoms with Crippen LogP contribution in [0.3, 0.4) is 0 Å². The van der Waals surface area contributed by atoms with E-state index >= 15 is 0 Å². The van der Waals surface area contributed by atoms with Gasteiger partial charge in [-0.05, 0) is 152 Å². The van der Waals surface area contributed by atoms with Crippen LogP contribution in [0.2, 0.25) is 0 Å². The summed E-state index contributed by atoms with van der Waals surface area (Å²) in [6, 6.07) is 63.1. The maximum absolute atomic E-state index is 12.8. The summed E-state index contributed by atoms with van der Waals surface area (Å²) in [7, 11) is 8.02. The second-order valence-corrected chi connectivity index (χ2v) is 28.9. The molecule has 0 spiro atoms. The third kappa shape index (κ3) is 10.2. The summed E-state index contributed by atoms with van der Waals surface area (Å²) in [6.07, 6.45) is 0. The first-order valence-corrected chi connectivity index (χ1v) is 33.2. The van der Waals surface area contributed by atoms with Crippen molar-refractivity contribution in [3.05, 3.63) is 259 Å². The van der Waals surface area contributed by atoms with E-state index in [1.165, 1.54) is 46.1 Å². The Hall–Kier alpha value is -9.60. The number of para-hydroxylation sites is 8. The van der Waals surface area contributed by atoms with Crippen molar-refractivity contribution in [2.24, 2.45) is 28.2 Å². The Morgan fingerprint density at radius 2 is 0.435 bits per heavy atom. The first-order chi connectivity index (χ1) is 44.0. The summed E-state index contributed by atoms with van der Waals surface area (Å²) >= 11 is 5.98. The van der Waals surface area contributed by atoms with Gasteiger partial charge in [-0.15, -0.1) is 0 Å². The predicted octanol–water partition coefficient (Wildman–Crippen LogP) is 14.9. The Morgan fingerprint density at radius 3 is 0.620 bits per heavy atom. The van der Waals surface area contributed by atoms with E-state index in [1.807, 2.05) is 269 Å². The molecule has 0 amide bonds. The first kappa shape index (κ1) is 61.3. The summed E-state index contributed by atoms with van der Waals surface area (Å²) in [6.45, 7) is 16.4. The minimum atomic E-state index is -0.519. The second kappa shape index (κ2) is 23.3. The minimum absolute atomic E-state index is 0.0441. The number of aromatic nitrogens is 12. The van der Waals surface area contributed by atoms with E-state index < -0.39 is 22.2 Å². The number of rotatable bonds is 8. The van der Waals surface area contributed by atoms with Crippen molar-refractivity contribution in [1.29, 1.82) is 0 Å². The molecule has 16 nitrogen and oxygen atoms in total. The van der Waals surface area contributed by atoms with Crippen LogP contribution >= 0.6 is 46.1 Å². The van der Waals surface area contributed by atoms with Crippen LogP contribution in [0.4, 0.5) is 0 Å². The van der Waals surface area contributed by atoms with Gasteiger partial charge in [-0.3, -0.25) is 19.2 Å². The Kier molecular flexibility index (Phi) is 15.5. The number of benzene rings is 8. The van der Waals surface area contributed by atoms with Crippen LogP contribution in [-0.2, 0) is 50.3 Å². The van der Waals surface area contributed by atoms with Gasteiger partial charge in [0.25, 0.3) is 22.2 Å². The second-order valence-electron chi connectivity index (χ2n) is 24.9. The van der Waals surface area contributed by atoms with Gasteiger partial charge in [0.05, 0.1) is 84.5 Å². The quantitative estimate of drug-likeness (QED) is 0.145. The van der Waals surface area contributed by atoms with Crippen molar-refractivity contribution in [1.82, 2.24) is 54.0 Å². The monoisotopic (exact) mass is 1290 g/mol. The van der Waals surface area contributed by atoms with Gasteiger partial charge in [-0.1, -0.05) is 143 Å². The van der Waals surface area contributed by atoms with Gasteiger partial charge in [0.1, 0.15) is 45.5 Å². The highest BCUT2D eigenvalue weighted by Gasteiger charge is 2.36. The van der Waals surface area contributed by atoms with E-state index in [0.717, 1.165) is 108 Å². The molecule has 0 fully saturated rings. The summed E-state index contributed by atoms with van der Waals surface area (Å²) in [4.78, 5) is 70.4. The molecule has 0 saturated heterocycles. The van der Waals surface area contributed by atoms with Crippen LogP contribution < -0.4 is 22.2 Å². The molecule has 16 aromatic rings. The molecule has 0 unspecified atom stereocenters. The van der Waals surface area contributed by atoms with Gasteiger partial charge in [-0.25, -0.2) is 35.8 Å². The van der Waals surface area contributed by atoms with Crippen molar-refractivity contribution < 1.29 is 0 Å². The molecule has 0 radical (unpaired) electrons. The van der Waals surface area contributed by atoms with E-state index in [-0.39, 0.29) is 22.2 Å². The maximum Gasteiger partial charge on any atom is 0.269 e. The lowest BCUT2D eigenvalue weighted by Gasteiger charge is -2.24. The fraction of sp³-hybridized carbons (Fsp3) is 0.222. The summed E-state index contributed by atoms with van der Waals surface area (Å²) in [5.74, 6) is 3.53. The molecule has 8 aromatic carbocycles. The van der Waals surface area contributed by atoms with Gasteiger partial charge in [0.15, 0.2) is 0 Å². The Balaban J connectivity index is 0.000000112. The van der Waals surface area contributed by atoms with Crippen LogP contribution in [0, 0.1) is 0 Å². The van der Waals surface area contributed by atoms with Gasteiger partial charge in [0.2, 0.25) is 0 Å². The van der Waals surface area contributed by atoms with Crippen LogP contribution in [0.5, 0.6) is 0 Å². The van der Waals surface area contributed by atoms with E-state index in [1.54, 1.807) is 0 Å². The molecule has 20 heteroatoms. The van der Waals surface area contributed by atoms with Crippen LogP contribution in [0.25, 0.3) is 84.5 Å². The molecule has 0 N–H and O–H groups in total. The minimum Gasteiger partial charge on any atom is -0.329 e. The summed E-state index contributed by atoms with van der Waals surface area (Å²) < 4.78 is 19.6. The summed E-state index contributed by atoms with van der Waals surface area (Å²) in [5.41, 5.74) is 6.20. The van der Waals surface area contributed by atoms with Gasteiger partial charge in [0, 0.05) is 28.2 Å². The SMILES string of the molecule is Cn1c(C(C)(C)n2sc3ccccc3c2=O)nc2ccccc21.Cn1c(C(C)(C)n2sc3ccccc3c2=O)nc2ccccc21.Cn1c(C(C)(C)n2sc3ccccc3c2=O)nc2ccccc21.Cn1c(C(C)(C)n2sc3ccccc3c2=O)nc2ccccc21.